The molecular weight excluding hydrogens is 272 g/mol. The van der Waals surface area contributed by atoms with Crippen molar-refractivity contribution in [3.8, 4) is 0 Å². The summed E-state index contributed by atoms with van der Waals surface area (Å²) in [6.07, 6.45) is 3.96. The number of hydrogen-bond acceptors (Lipinski definition) is 1. The van der Waals surface area contributed by atoms with Gasteiger partial charge in [0.2, 0.25) is 0 Å². The number of aliphatic imine (C=N–C) groups is 1. The van der Waals surface area contributed by atoms with Crippen LogP contribution in [0.2, 0.25) is 0 Å². The van der Waals surface area contributed by atoms with Crippen molar-refractivity contribution in [1.82, 2.24) is 0 Å². The Kier molecular flexibility index (Phi) is 2.40. The SMILES string of the molecule is ClC1=CN=CC(Cl)(I)C1. The quantitative estimate of drug-likeness (QED) is 0.476. The summed E-state index contributed by atoms with van der Waals surface area (Å²) in [5.41, 5.74) is 0. The lowest BCUT2D eigenvalue weighted by Gasteiger charge is -2.15. The van der Waals surface area contributed by atoms with Crippen LogP contribution in [0.15, 0.2) is 16.2 Å². The normalized spacial score (nSPS) is 34.3. The lowest BCUT2D eigenvalue weighted by atomic mass is 10.3. The van der Waals surface area contributed by atoms with Crippen molar-refractivity contribution >= 4 is 52.0 Å². The van der Waals surface area contributed by atoms with E-state index < -0.39 is 2.88 Å². The van der Waals surface area contributed by atoms with Crippen LogP contribution in [0.4, 0.5) is 0 Å². The lowest BCUT2D eigenvalue weighted by molar-refractivity contribution is 1.04. The molecule has 50 valence electrons. The summed E-state index contributed by atoms with van der Waals surface area (Å²) >= 11 is 13.6. The Balaban J connectivity index is 2.73. The molecule has 0 aromatic carbocycles. The second kappa shape index (κ2) is 2.76. The fourth-order valence-corrected chi connectivity index (χ4v) is 1.88. The van der Waals surface area contributed by atoms with Crippen molar-refractivity contribution in [2.45, 2.75) is 9.30 Å². The van der Waals surface area contributed by atoms with Gasteiger partial charge in [-0.1, -0.05) is 34.2 Å². The van der Waals surface area contributed by atoms with Crippen LogP contribution in [0.5, 0.6) is 0 Å². The van der Waals surface area contributed by atoms with Gasteiger partial charge in [0.15, 0.2) is 0 Å². The van der Waals surface area contributed by atoms with Crippen LogP contribution in [0, 0.1) is 0 Å². The predicted molar refractivity (Wildman–Crippen MR) is 49.6 cm³/mol. The molecule has 0 aromatic rings. The zero-order valence-corrected chi connectivity index (χ0v) is 8.11. The number of nitrogens with zero attached hydrogens (tertiary/aromatic N) is 1. The molecule has 0 saturated carbocycles. The molecule has 0 saturated heterocycles. The van der Waals surface area contributed by atoms with Crippen LogP contribution in [-0.2, 0) is 0 Å². The minimum atomic E-state index is -0.399. The van der Waals surface area contributed by atoms with Gasteiger partial charge < -0.3 is 0 Å². The van der Waals surface area contributed by atoms with Crippen molar-refractivity contribution in [3.05, 3.63) is 11.2 Å². The zero-order chi connectivity index (χ0) is 6.91. The molecule has 0 bridgehead atoms. The van der Waals surface area contributed by atoms with Crippen molar-refractivity contribution < 1.29 is 0 Å². The number of rotatable bonds is 0. The van der Waals surface area contributed by atoms with E-state index in [0.717, 1.165) is 0 Å². The molecule has 0 aromatic heterocycles. The van der Waals surface area contributed by atoms with Crippen LogP contribution in [0.25, 0.3) is 0 Å². The van der Waals surface area contributed by atoms with E-state index in [-0.39, 0.29) is 0 Å². The van der Waals surface area contributed by atoms with Gasteiger partial charge in [0, 0.05) is 23.9 Å². The van der Waals surface area contributed by atoms with E-state index >= 15 is 0 Å². The molecule has 1 aliphatic heterocycles. The van der Waals surface area contributed by atoms with Gasteiger partial charge in [0.25, 0.3) is 0 Å². The number of halogens is 3. The fourth-order valence-electron chi connectivity index (χ4n) is 0.544. The molecule has 9 heavy (non-hydrogen) atoms. The minimum absolute atomic E-state index is 0.399. The first kappa shape index (κ1) is 7.82. The largest absolute Gasteiger partial charge is 0.265 e. The average molecular weight is 276 g/mol. The van der Waals surface area contributed by atoms with Gasteiger partial charge in [-0.3, -0.25) is 4.99 Å². The van der Waals surface area contributed by atoms with E-state index in [0.29, 0.717) is 11.5 Å². The molecule has 1 nitrogen and oxygen atoms in total. The first-order valence-electron chi connectivity index (χ1n) is 2.37. The molecule has 1 aliphatic rings. The summed E-state index contributed by atoms with van der Waals surface area (Å²) < 4.78 is -0.399. The highest BCUT2D eigenvalue weighted by Gasteiger charge is 2.23. The van der Waals surface area contributed by atoms with Gasteiger partial charge >= 0.3 is 0 Å². The highest BCUT2D eigenvalue weighted by molar-refractivity contribution is 14.1. The maximum Gasteiger partial charge on any atom is 0.135 e. The second-order valence-corrected chi connectivity index (χ2v) is 5.51. The van der Waals surface area contributed by atoms with Crippen molar-refractivity contribution in [3.63, 3.8) is 0 Å². The van der Waals surface area contributed by atoms with E-state index in [4.69, 9.17) is 23.2 Å². The summed E-state index contributed by atoms with van der Waals surface area (Å²) in [5, 5.41) is 0.710. The summed E-state index contributed by atoms with van der Waals surface area (Å²) in [6.45, 7) is 0. The molecule has 0 aliphatic carbocycles. The molecule has 0 N–H and O–H groups in total. The van der Waals surface area contributed by atoms with E-state index in [9.17, 15) is 0 Å². The molecule has 0 fully saturated rings. The molecular formula is C5H4Cl2IN. The molecule has 0 amide bonds. The van der Waals surface area contributed by atoms with E-state index in [1.165, 1.54) is 0 Å². The maximum atomic E-state index is 5.88. The Bertz CT molecular complexity index is 174. The summed E-state index contributed by atoms with van der Waals surface area (Å²) in [5.74, 6) is 0. The lowest BCUT2D eigenvalue weighted by Crippen LogP contribution is -2.15. The first-order valence-corrected chi connectivity index (χ1v) is 4.20. The Labute approximate surface area is 77.3 Å². The maximum absolute atomic E-state index is 5.88. The molecule has 0 radical (unpaired) electrons. The Morgan fingerprint density at radius 2 is 2.44 bits per heavy atom. The Morgan fingerprint density at radius 1 is 1.78 bits per heavy atom. The molecule has 0 spiro atoms. The molecule has 1 rings (SSSR count). The molecule has 4 heteroatoms. The van der Waals surface area contributed by atoms with Gasteiger partial charge in [-0.05, 0) is 0 Å². The van der Waals surface area contributed by atoms with Gasteiger partial charge in [-0.25, -0.2) is 0 Å². The van der Waals surface area contributed by atoms with Crippen LogP contribution in [-0.4, -0.2) is 9.10 Å². The Hall–Kier alpha value is 0.720. The van der Waals surface area contributed by atoms with E-state index in [1.54, 1.807) is 12.4 Å². The van der Waals surface area contributed by atoms with Crippen molar-refractivity contribution in [2.75, 3.05) is 0 Å². The van der Waals surface area contributed by atoms with Crippen LogP contribution in [0.3, 0.4) is 0 Å². The average Bonchev–Trinajstić information content (AvgIpc) is 1.60. The van der Waals surface area contributed by atoms with Crippen LogP contribution < -0.4 is 0 Å². The number of allylic oxidation sites excluding steroid dienone is 1. The summed E-state index contributed by atoms with van der Waals surface area (Å²) in [6, 6.07) is 0. The van der Waals surface area contributed by atoms with Crippen LogP contribution >= 0.6 is 45.8 Å². The van der Waals surface area contributed by atoms with Gasteiger partial charge in [-0.15, -0.1) is 11.6 Å². The zero-order valence-electron chi connectivity index (χ0n) is 4.44. The van der Waals surface area contributed by atoms with Gasteiger partial charge in [0.1, 0.15) is 2.88 Å². The predicted octanol–water partition coefficient (Wildman–Crippen LogP) is 2.91. The second-order valence-electron chi connectivity index (χ2n) is 1.79. The minimum Gasteiger partial charge on any atom is -0.265 e. The monoisotopic (exact) mass is 275 g/mol. The topological polar surface area (TPSA) is 12.4 Å². The van der Waals surface area contributed by atoms with E-state index in [2.05, 4.69) is 27.6 Å². The smallest absolute Gasteiger partial charge is 0.135 e. The Morgan fingerprint density at radius 3 is 2.78 bits per heavy atom. The van der Waals surface area contributed by atoms with Crippen molar-refractivity contribution in [1.29, 1.82) is 0 Å². The third kappa shape index (κ3) is 2.43. The summed E-state index contributed by atoms with van der Waals surface area (Å²) in [7, 11) is 0. The molecule has 1 heterocycles. The highest BCUT2D eigenvalue weighted by Crippen LogP contribution is 2.33. The van der Waals surface area contributed by atoms with Gasteiger partial charge in [-0.2, -0.15) is 0 Å². The number of alkyl halides is 2. The standard InChI is InChI=1S/C5H4Cl2IN/c6-4-1-5(7,8)3-9-2-4/h2-3H,1H2. The van der Waals surface area contributed by atoms with Crippen molar-refractivity contribution in [2.24, 2.45) is 4.99 Å². The van der Waals surface area contributed by atoms with Gasteiger partial charge in [0.05, 0.1) is 0 Å². The highest BCUT2D eigenvalue weighted by atomic mass is 127. The fraction of sp³-hybridized carbons (Fsp3) is 0.400. The third-order valence-corrected chi connectivity index (χ3v) is 2.00. The third-order valence-electron chi connectivity index (χ3n) is 0.883. The molecule has 1 unspecified atom stereocenters. The first-order chi connectivity index (χ1) is 4.10. The summed E-state index contributed by atoms with van der Waals surface area (Å²) in [4.78, 5) is 3.85. The molecule has 1 atom stereocenters. The van der Waals surface area contributed by atoms with E-state index in [1.807, 2.05) is 0 Å². The van der Waals surface area contributed by atoms with Crippen LogP contribution in [0.1, 0.15) is 6.42 Å². The number of hydrogen-bond donors (Lipinski definition) is 0.